The van der Waals surface area contributed by atoms with Gasteiger partial charge in [0.25, 0.3) is 0 Å². The summed E-state index contributed by atoms with van der Waals surface area (Å²) in [6.07, 6.45) is -2.48. The molecule has 1 aliphatic rings. The molecule has 3 heterocycles. The maximum atomic E-state index is 12.7. The van der Waals surface area contributed by atoms with Crippen molar-refractivity contribution in [2.45, 2.75) is 32.2 Å². The van der Waals surface area contributed by atoms with Gasteiger partial charge in [-0.2, -0.15) is 18.4 Å². The normalized spacial score (nSPS) is 14.4. The number of halogens is 3. The number of anilines is 2. The molecule has 1 aliphatic heterocycles. The van der Waals surface area contributed by atoms with Gasteiger partial charge >= 0.3 is 6.18 Å². The molecule has 3 aromatic rings. The van der Waals surface area contributed by atoms with Gasteiger partial charge in [0.1, 0.15) is 23.9 Å². The van der Waals surface area contributed by atoms with Gasteiger partial charge < -0.3 is 15.3 Å². The number of aliphatic hydroxyl groups excluding tert-OH is 1. The number of nitrogens with one attached hydrogen (secondary N) is 1. The zero-order chi connectivity index (χ0) is 23.6. The van der Waals surface area contributed by atoms with Crippen molar-refractivity contribution in [2.75, 3.05) is 23.3 Å². The maximum Gasteiger partial charge on any atom is 0.433 e. The Kier molecular flexibility index (Phi) is 6.16. The summed E-state index contributed by atoms with van der Waals surface area (Å²) in [6, 6.07) is 10.0. The summed E-state index contributed by atoms with van der Waals surface area (Å²) in [5.74, 6) is 0.536. The summed E-state index contributed by atoms with van der Waals surface area (Å²) in [5, 5.41) is 23.0. The molecule has 1 aromatic carbocycles. The molecule has 0 aliphatic carbocycles. The van der Waals surface area contributed by atoms with E-state index in [0.29, 0.717) is 30.9 Å². The van der Waals surface area contributed by atoms with Crippen molar-refractivity contribution in [3.05, 3.63) is 76.5 Å². The molecular weight excluding hydrogens is 433 g/mol. The largest absolute Gasteiger partial charge is 0.433 e. The molecule has 2 aromatic heterocycles. The number of benzene rings is 1. The minimum atomic E-state index is -4.53. The predicted octanol–water partition coefficient (Wildman–Crippen LogP) is 3.78. The molecule has 7 nitrogen and oxygen atoms in total. The van der Waals surface area contributed by atoms with E-state index in [9.17, 15) is 23.5 Å². The number of aryl methyl sites for hydroxylation is 1. The second-order valence-electron chi connectivity index (χ2n) is 7.82. The van der Waals surface area contributed by atoms with Crippen LogP contribution in [-0.2, 0) is 19.1 Å². The highest BCUT2D eigenvalue weighted by Gasteiger charge is 2.32. The molecule has 0 amide bonds. The van der Waals surface area contributed by atoms with Crippen LogP contribution in [0, 0.1) is 18.3 Å². The molecule has 33 heavy (non-hydrogen) atoms. The summed E-state index contributed by atoms with van der Waals surface area (Å²) in [4.78, 5) is 14.1. The lowest BCUT2D eigenvalue weighted by atomic mass is 10.0. The Morgan fingerprint density at radius 1 is 1.21 bits per heavy atom. The van der Waals surface area contributed by atoms with Gasteiger partial charge in [-0.1, -0.05) is 12.1 Å². The second kappa shape index (κ2) is 9.03. The molecule has 0 radical (unpaired) electrons. The third-order valence-electron chi connectivity index (χ3n) is 5.54. The fraction of sp³-hybridized carbons (Fsp3) is 0.304. The van der Waals surface area contributed by atoms with Gasteiger partial charge in [-0.05, 0) is 30.7 Å². The quantitative estimate of drug-likeness (QED) is 0.606. The zero-order valence-electron chi connectivity index (χ0n) is 17.8. The Bertz CT molecular complexity index is 1190. The number of rotatable bonds is 5. The van der Waals surface area contributed by atoms with E-state index in [2.05, 4.69) is 31.2 Å². The lowest BCUT2D eigenvalue weighted by Gasteiger charge is -2.31. The van der Waals surface area contributed by atoms with Crippen LogP contribution in [0.5, 0.6) is 0 Å². The first-order valence-corrected chi connectivity index (χ1v) is 10.3. The maximum absolute atomic E-state index is 12.7. The number of nitriles is 1. The topological polar surface area (TPSA) is 98.0 Å². The predicted molar refractivity (Wildman–Crippen MR) is 115 cm³/mol. The minimum Gasteiger partial charge on any atom is -0.387 e. The highest BCUT2D eigenvalue weighted by atomic mass is 19.4. The number of fused-ring (bicyclic) bond motifs is 1. The van der Waals surface area contributed by atoms with Crippen LogP contribution < -0.4 is 10.2 Å². The van der Waals surface area contributed by atoms with Crippen molar-refractivity contribution >= 4 is 11.5 Å². The average molecular weight is 454 g/mol. The number of aromatic nitrogens is 3. The van der Waals surface area contributed by atoms with Crippen LogP contribution in [0.25, 0.3) is 0 Å². The summed E-state index contributed by atoms with van der Waals surface area (Å²) in [5.41, 5.74) is 3.41. The van der Waals surface area contributed by atoms with E-state index < -0.39 is 18.0 Å². The molecule has 0 fully saturated rings. The molecule has 4 rings (SSSR count). The van der Waals surface area contributed by atoms with Gasteiger partial charge in [0, 0.05) is 43.4 Å². The van der Waals surface area contributed by atoms with Crippen molar-refractivity contribution in [1.29, 1.82) is 5.26 Å². The first-order chi connectivity index (χ1) is 15.8. The lowest BCUT2D eigenvalue weighted by molar-refractivity contribution is -0.141. The molecular formula is C23H21F3N6O. The monoisotopic (exact) mass is 454 g/mol. The van der Waals surface area contributed by atoms with Gasteiger partial charge in [-0.3, -0.25) is 4.98 Å². The van der Waals surface area contributed by atoms with Crippen LogP contribution in [-0.4, -0.2) is 33.1 Å². The minimum absolute atomic E-state index is 0.0322. The first kappa shape index (κ1) is 22.5. The van der Waals surface area contributed by atoms with Crippen molar-refractivity contribution in [1.82, 2.24) is 15.0 Å². The molecule has 10 heteroatoms. The highest BCUT2D eigenvalue weighted by Crippen LogP contribution is 2.30. The SMILES string of the molecule is Cc1ccc(N2CCc3ncnc(NC[C@@H](O)c4ccc(C(F)(F)F)nc4)c3C2)c(C#N)c1. The van der Waals surface area contributed by atoms with Crippen molar-refractivity contribution in [2.24, 2.45) is 0 Å². The standard InChI is InChI=1S/C23H21F3N6O/c1-14-2-4-19(16(8-14)9-27)32-7-6-18-17(12-32)22(31-13-30-18)29-11-20(33)15-3-5-21(28-10-15)23(24,25)26/h2-5,8,10,13,20,33H,6-7,11-12H2,1H3,(H,29,30,31)/t20-/m1/s1. The van der Waals surface area contributed by atoms with Gasteiger partial charge in [0.2, 0.25) is 0 Å². The zero-order valence-corrected chi connectivity index (χ0v) is 17.8. The molecule has 0 spiro atoms. The number of nitrogens with zero attached hydrogens (tertiary/aromatic N) is 5. The summed E-state index contributed by atoms with van der Waals surface area (Å²) in [6.45, 7) is 3.14. The number of pyridine rings is 1. The third kappa shape index (κ3) is 4.88. The lowest BCUT2D eigenvalue weighted by Crippen LogP contribution is -2.32. The Balaban J connectivity index is 1.50. The molecule has 0 saturated carbocycles. The summed E-state index contributed by atoms with van der Waals surface area (Å²) >= 11 is 0. The number of hydrogen-bond acceptors (Lipinski definition) is 7. The van der Waals surface area contributed by atoms with Crippen LogP contribution in [0.4, 0.5) is 24.7 Å². The Morgan fingerprint density at radius 3 is 2.73 bits per heavy atom. The van der Waals surface area contributed by atoms with E-state index in [1.165, 1.54) is 12.4 Å². The van der Waals surface area contributed by atoms with Gasteiger partial charge in [0.05, 0.1) is 23.0 Å². The van der Waals surface area contributed by atoms with Gasteiger partial charge in [-0.25, -0.2) is 9.97 Å². The van der Waals surface area contributed by atoms with Crippen LogP contribution >= 0.6 is 0 Å². The van der Waals surface area contributed by atoms with E-state index in [4.69, 9.17) is 0 Å². The van der Waals surface area contributed by atoms with Crippen molar-refractivity contribution in [3.63, 3.8) is 0 Å². The number of alkyl halides is 3. The number of hydrogen-bond donors (Lipinski definition) is 2. The third-order valence-corrected chi connectivity index (χ3v) is 5.54. The molecule has 0 bridgehead atoms. The van der Waals surface area contributed by atoms with E-state index in [1.54, 1.807) is 0 Å². The molecule has 0 unspecified atom stereocenters. The molecule has 1 atom stereocenters. The van der Waals surface area contributed by atoms with Gasteiger partial charge in [0.15, 0.2) is 0 Å². The van der Waals surface area contributed by atoms with Crippen LogP contribution in [0.2, 0.25) is 0 Å². The first-order valence-electron chi connectivity index (χ1n) is 10.3. The second-order valence-corrected chi connectivity index (χ2v) is 7.82. The fourth-order valence-corrected chi connectivity index (χ4v) is 3.80. The Labute approximate surface area is 188 Å². The number of aliphatic hydroxyl groups is 1. The molecule has 170 valence electrons. The van der Waals surface area contributed by atoms with Crippen LogP contribution in [0.1, 0.15) is 39.7 Å². The smallest absolute Gasteiger partial charge is 0.387 e. The van der Waals surface area contributed by atoms with Crippen molar-refractivity contribution in [3.8, 4) is 6.07 Å². The molecule has 2 N–H and O–H groups in total. The fourth-order valence-electron chi connectivity index (χ4n) is 3.80. The summed E-state index contributed by atoms with van der Waals surface area (Å²) in [7, 11) is 0. The van der Waals surface area contributed by atoms with Crippen molar-refractivity contribution < 1.29 is 18.3 Å². The van der Waals surface area contributed by atoms with Crippen LogP contribution in [0.15, 0.2) is 42.9 Å². The Hall–Kier alpha value is -3.71. The van der Waals surface area contributed by atoms with Crippen LogP contribution in [0.3, 0.4) is 0 Å². The molecule has 0 saturated heterocycles. The summed E-state index contributed by atoms with van der Waals surface area (Å²) < 4.78 is 38.1. The van der Waals surface area contributed by atoms with E-state index in [0.717, 1.165) is 34.8 Å². The Morgan fingerprint density at radius 2 is 2.03 bits per heavy atom. The highest BCUT2D eigenvalue weighted by molar-refractivity contribution is 5.62. The van der Waals surface area contributed by atoms with Gasteiger partial charge in [-0.15, -0.1) is 0 Å². The average Bonchev–Trinajstić information content (AvgIpc) is 2.81. The van der Waals surface area contributed by atoms with E-state index in [-0.39, 0.29) is 12.1 Å². The van der Waals surface area contributed by atoms with E-state index >= 15 is 0 Å². The van der Waals surface area contributed by atoms with E-state index in [1.807, 2.05) is 25.1 Å².